The summed E-state index contributed by atoms with van der Waals surface area (Å²) in [4.78, 5) is 0. The number of nitrogens with one attached hydrogen (secondary N) is 1. The molecule has 0 aromatic heterocycles. The van der Waals surface area contributed by atoms with Crippen LogP contribution in [-0.4, -0.2) is 13.1 Å². The van der Waals surface area contributed by atoms with Gasteiger partial charge in [-0.05, 0) is 25.8 Å². The van der Waals surface area contributed by atoms with Crippen molar-refractivity contribution in [3.8, 4) is 6.07 Å². The van der Waals surface area contributed by atoms with E-state index in [9.17, 15) is 0 Å². The molecule has 1 N–H and O–H groups in total. The topological polar surface area (TPSA) is 35.8 Å². The SMILES string of the molecule is CNC(CC#N)C1CCCCC1. The molecule has 0 aliphatic heterocycles. The first-order valence-corrected chi connectivity index (χ1v) is 4.92. The zero-order valence-electron chi connectivity index (χ0n) is 7.84. The van der Waals surface area contributed by atoms with Gasteiger partial charge in [-0.2, -0.15) is 5.26 Å². The molecule has 1 fully saturated rings. The Morgan fingerprint density at radius 1 is 1.42 bits per heavy atom. The van der Waals surface area contributed by atoms with E-state index in [0.29, 0.717) is 12.5 Å². The highest BCUT2D eigenvalue weighted by Crippen LogP contribution is 2.27. The average molecular weight is 166 g/mol. The minimum atomic E-state index is 0.440. The molecule has 2 heteroatoms. The van der Waals surface area contributed by atoms with Gasteiger partial charge in [0.15, 0.2) is 0 Å². The quantitative estimate of drug-likeness (QED) is 0.696. The van der Waals surface area contributed by atoms with Crippen LogP contribution >= 0.6 is 0 Å². The summed E-state index contributed by atoms with van der Waals surface area (Å²) in [7, 11) is 1.97. The van der Waals surface area contributed by atoms with E-state index in [1.165, 1.54) is 32.1 Å². The molecular weight excluding hydrogens is 148 g/mol. The van der Waals surface area contributed by atoms with Crippen molar-refractivity contribution < 1.29 is 0 Å². The van der Waals surface area contributed by atoms with E-state index in [1.54, 1.807) is 0 Å². The van der Waals surface area contributed by atoms with E-state index >= 15 is 0 Å². The Morgan fingerprint density at radius 3 is 2.58 bits per heavy atom. The smallest absolute Gasteiger partial charge is 0.0638 e. The molecule has 1 saturated carbocycles. The molecule has 12 heavy (non-hydrogen) atoms. The summed E-state index contributed by atoms with van der Waals surface area (Å²) in [6.07, 6.45) is 7.39. The van der Waals surface area contributed by atoms with E-state index in [2.05, 4.69) is 11.4 Å². The molecule has 68 valence electrons. The van der Waals surface area contributed by atoms with Gasteiger partial charge in [0.2, 0.25) is 0 Å². The molecule has 1 atom stereocenters. The first-order valence-electron chi connectivity index (χ1n) is 4.92. The molecule has 1 unspecified atom stereocenters. The zero-order chi connectivity index (χ0) is 8.81. The van der Waals surface area contributed by atoms with Gasteiger partial charge in [0.1, 0.15) is 0 Å². The van der Waals surface area contributed by atoms with Crippen LogP contribution < -0.4 is 5.32 Å². The molecule has 0 amide bonds. The molecule has 1 aliphatic rings. The van der Waals surface area contributed by atoms with Crippen LogP contribution in [-0.2, 0) is 0 Å². The first-order chi connectivity index (χ1) is 5.88. The van der Waals surface area contributed by atoms with Crippen molar-refractivity contribution in [1.29, 1.82) is 5.26 Å². The van der Waals surface area contributed by atoms with E-state index in [1.807, 2.05) is 7.05 Å². The highest BCUT2D eigenvalue weighted by molar-refractivity contribution is 4.86. The maximum Gasteiger partial charge on any atom is 0.0638 e. The molecule has 0 bridgehead atoms. The van der Waals surface area contributed by atoms with E-state index in [-0.39, 0.29) is 0 Å². The monoisotopic (exact) mass is 166 g/mol. The Bertz CT molecular complexity index is 154. The Balaban J connectivity index is 2.36. The molecule has 0 radical (unpaired) electrons. The first kappa shape index (κ1) is 9.54. The lowest BCUT2D eigenvalue weighted by Gasteiger charge is -2.28. The van der Waals surface area contributed by atoms with E-state index in [4.69, 9.17) is 5.26 Å². The Kier molecular flexibility index (Phi) is 4.10. The molecule has 0 aromatic rings. The molecule has 1 rings (SSSR count). The number of hydrogen-bond acceptors (Lipinski definition) is 2. The third-order valence-electron chi connectivity index (χ3n) is 2.90. The van der Waals surface area contributed by atoms with Crippen LogP contribution in [0.15, 0.2) is 0 Å². The number of hydrogen-bond donors (Lipinski definition) is 1. The standard InChI is InChI=1S/C10H18N2/c1-12-10(7-8-11)9-5-3-2-4-6-9/h9-10,12H,2-7H2,1H3. The maximum absolute atomic E-state index is 8.61. The summed E-state index contributed by atoms with van der Waals surface area (Å²) < 4.78 is 0. The molecule has 0 heterocycles. The van der Waals surface area contributed by atoms with Crippen LogP contribution in [0.1, 0.15) is 38.5 Å². The average Bonchev–Trinajstić information content (AvgIpc) is 2.15. The minimum absolute atomic E-state index is 0.440. The third-order valence-corrected chi connectivity index (χ3v) is 2.90. The third kappa shape index (κ3) is 2.49. The largest absolute Gasteiger partial charge is 0.316 e. The second-order valence-electron chi connectivity index (χ2n) is 3.66. The Morgan fingerprint density at radius 2 is 2.08 bits per heavy atom. The lowest BCUT2D eigenvalue weighted by molar-refractivity contribution is 0.280. The van der Waals surface area contributed by atoms with Crippen molar-refractivity contribution in [3.63, 3.8) is 0 Å². The van der Waals surface area contributed by atoms with Crippen LogP contribution in [0.5, 0.6) is 0 Å². The number of nitrogens with zero attached hydrogens (tertiary/aromatic N) is 1. The Labute approximate surface area is 75.0 Å². The molecule has 0 saturated heterocycles. The van der Waals surface area contributed by atoms with Crippen molar-refractivity contribution in [2.24, 2.45) is 5.92 Å². The predicted molar refractivity (Wildman–Crippen MR) is 49.7 cm³/mol. The fourth-order valence-corrected chi connectivity index (χ4v) is 2.14. The second kappa shape index (κ2) is 5.16. The molecule has 1 aliphatic carbocycles. The number of nitriles is 1. The highest BCUT2D eigenvalue weighted by Gasteiger charge is 2.21. The van der Waals surface area contributed by atoms with Crippen LogP contribution in [0.2, 0.25) is 0 Å². The Hall–Kier alpha value is -0.550. The van der Waals surface area contributed by atoms with Crippen molar-refractivity contribution >= 4 is 0 Å². The van der Waals surface area contributed by atoms with Crippen LogP contribution in [0.4, 0.5) is 0 Å². The van der Waals surface area contributed by atoms with Gasteiger partial charge in [0, 0.05) is 6.04 Å². The molecule has 0 spiro atoms. The molecule has 0 aromatic carbocycles. The fraction of sp³-hybridized carbons (Fsp3) is 0.900. The van der Waals surface area contributed by atoms with Gasteiger partial charge in [0.25, 0.3) is 0 Å². The van der Waals surface area contributed by atoms with E-state index in [0.717, 1.165) is 5.92 Å². The number of rotatable bonds is 3. The lowest BCUT2D eigenvalue weighted by atomic mass is 9.83. The fourth-order valence-electron chi connectivity index (χ4n) is 2.14. The highest BCUT2D eigenvalue weighted by atomic mass is 14.9. The van der Waals surface area contributed by atoms with Crippen LogP contribution in [0.25, 0.3) is 0 Å². The van der Waals surface area contributed by atoms with Crippen molar-refractivity contribution in [3.05, 3.63) is 0 Å². The zero-order valence-corrected chi connectivity index (χ0v) is 7.84. The van der Waals surface area contributed by atoms with Gasteiger partial charge in [-0.3, -0.25) is 0 Å². The van der Waals surface area contributed by atoms with Gasteiger partial charge >= 0.3 is 0 Å². The summed E-state index contributed by atoms with van der Waals surface area (Å²) in [6, 6.07) is 2.69. The van der Waals surface area contributed by atoms with Gasteiger partial charge in [0.05, 0.1) is 12.5 Å². The van der Waals surface area contributed by atoms with Gasteiger partial charge in [-0.25, -0.2) is 0 Å². The van der Waals surface area contributed by atoms with Gasteiger partial charge in [-0.15, -0.1) is 0 Å². The van der Waals surface area contributed by atoms with Crippen LogP contribution in [0.3, 0.4) is 0 Å². The molecular formula is C10H18N2. The predicted octanol–water partition coefficient (Wildman–Crippen LogP) is 2.07. The summed E-state index contributed by atoms with van der Waals surface area (Å²) in [5.41, 5.74) is 0. The normalized spacial score (nSPS) is 21.7. The van der Waals surface area contributed by atoms with Crippen molar-refractivity contribution in [2.45, 2.75) is 44.6 Å². The second-order valence-corrected chi connectivity index (χ2v) is 3.66. The summed E-state index contributed by atoms with van der Waals surface area (Å²) in [5.74, 6) is 0.753. The maximum atomic E-state index is 8.61. The van der Waals surface area contributed by atoms with Crippen LogP contribution in [0, 0.1) is 17.2 Å². The molecule has 2 nitrogen and oxygen atoms in total. The summed E-state index contributed by atoms with van der Waals surface area (Å²) in [5, 5.41) is 11.9. The lowest BCUT2D eigenvalue weighted by Crippen LogP contribution is -2.34. The van der Waals surface area contributed by atoms with Gasteiger partial charge < -0.3 is 5.32 Å². The van der Waals surface area contributed by atoms with Gasteiger partial charge in [-0.1, -0.05) is 19.3 Å². The summed E-state index contributed by atoms with van der Waals surface area (Å²) in [6.45, 7) is 0. The van der Waals surface area contributed by atoms with Crippen molar-refractivity contribution in [2.75, 3.05) is 7.05 Å². The minimum Gasteiger partial charge on any atom is -0.316 e. The summed E-state index contributed by atoms with van der Waals surface area (Å²) >= 11 is 0. The van der Waals surface area contributed by atoms with Crippen molar-refractivity contribution in [1.82, 2.24) is 5.32 Å². The van der Waals surface area contributed by atoms with E-state index < -0.39 is 0 Å².